The van der Waals surface area contributed by atoms with Gasteiger partial charge < -0.3 is 9.47 Å². The maximum absolute atomic E-state index is 14.3. The minimum absolute atomic E-state index is 0.00551. The van der Waals surface area contributed by atoms with Gasteiger partial charge in [-0.25, -0.2) is 0 Å². The topological polar surface area (TPSA) is 185 Å². The molecule has 396 valence electrons. The van der Waals surface area contributed by atoms with E-state index in [1.807, 2.05) is 0 Å². The fraction of sp³-hybridized carbons (Fsp3) is 0.780. The van der Waals surface area contributed by atoms with Crippen molar-refractivity contribution in [3.8, 4) is 0 Å². The Balaban J connectivity index is 0.535. The zero-order valence-corrected chi connectivity index (χ0v) is 42.8. The molecule has 8 amide bonds. The van der Waals surface area contributed by atoms with Gasteiger partial charge in [-0.1, -0.05) is 24.3 Å². The average molecular weight is 1020 g/mol. The summed E-state index contributed by atoms with van der Waals surface area (Å²) in [5, 5.41) is 0. The van der Waals surface area contributed by atoms with E-state index in [2.05, 4.69) is 24.3 Å². The number of allylic oxidation sites excluding steroid dienone is 4. The Kier molecular flexibility index (Phi) is 11.9. The molecule has 8 saturated carbocycles. The third-order valence-corrected chi connectivity index (χ3v) is 22.4. The van der Waals surface area contributed by atoms with Crippen LogP contribution in [0.5, 0.6) is 0 Å². The zero-order chi connectivity index (χ0) is 50.4. The van der Waals surface area contributed by atoms with Gasteiger partial charge in [0.1, 0.15) is 5.78 Å². The molecule has 14 rings (SSSR count). The SMILES string of the molecule is O=C(C1CCC2C(=O)N(C3CCC(OC4CCCC(N5C(=O)C6C7C=CC(C7)C6C5=O)C4)CC3)C(=O)C2C1)C1CCC2C(=O)N(C3CCC(OC4CCCC(N5C(=O)C6C7C=CC(C7)C6C5=O)C4)CC3)C(=O)C2C1. The maximum Gasteiger partial charge on any atom is 0.233 e. The molecule has 15 heteroatoms. The first kappa shape index (κ1) is 48.0. The Morgan fingerprint density at radius 2 is 0.662 bits per heavy atom. The van der Waals surface area contributed by atoms with Crippen LogP contribution in [0.1, 0.15) is 154 Å². The van der Waals surface area contributed by atoms with Crippen LogP contribution in [0.4, 0.5) is 0 Å². The van der Waals surface area contributed by atoms with Gasteiger partial charge in [0.2, 0.25) is 47.3 Å². The number of amides is 8. The number of imide groups is 4. The highest BCUT2D eigenvalue weighted by Crippen LogP contribution is 2.56. The predicted octanol–water partition coefficient (Wildman–Crippen LogP) is 6.25. The van der Waals surface area contributed by atoms with Crippen LogP contribution >= 0.6 is 0 Å². The molecule has 18 atom stereocenters. The Hall–Kier alpha value is -4.37. The first-order chi connectivity index (χ1) is 35.9. The van der Waals surface area contributed by atoms with Gasteiger partial charge >= 0.3 is 0 Å². The highest BCUT2D eigenvalue weighted by molar-refractivity contribution is 6.09. The van der Waals surface area contributed by atoms with E-state index in [0.29, 0.717) is 77.0 Å². The molecule has 4 heterocycles. The molecule has 0 aromatic rings. The number of ether oxygens (including phenoxy) is 2. The van der Waals surface area contributed by atoms with E-state index in [9.17, 15) is 43.2 Å². The van der Waals surface area contributed by atoms with Gasteiger partial charge in [-0.05, 0) is 178 Å². The maximum atomic E-state index is 14.3. The summed E-state index contributed by atoms with van der Waals surface area (Å²) >= 11 is 0. The lowest BCUT2D eigenvalue weighted by Crippen LogP contribution is -2.47. The van der Waals surface area contributed by atoms with Crippen molar-refractivity contribution in [2.45, 2.75) is 203 Å². The second-order valence-corrected chi connectivity index (χ2v) is 26.1. The quantitative estimate of drug-likeness (QED) is 0.178. The molecular weight excluding hydrogens is 941 g/mol. The van der Waals surface area contributed by atoms with Crippen molar-refractivity contribution >= 4 is 53.0 Å². The number of fused-ring (bicyclic) bond motifs is 12. The molecule has 14 aliphatic rings. The molecule has 0 aromatic carbocycles. The lowest BCUT2D eigenvalue weighted by molar-refractivity contribution is -0.149. The van der Waals surface area contributed by atoms with Crippen molar-refractivity contribution in [2.24, 2.45) is 82.9 Å². The van der Waals surface area contributed by atoms with E-state index in [1.165, 1.54) is 9.80 Å². The number of hydrogen-bond acceptors (Lipinski definition) is 11. The van der Waals surface area contributed by atoms with Crippen LogP contribution < -0.4 is 0 Å². The Morgan fingerprint density at radius 3 is 1.03 bits per heavy atom. The third kappa shape index (κ3) is 7.53. The Labute approximate surface area is 433 Å². The molecule has 10 aliphatic carbocycles. The summed E-state index contributed by atoms with van der Waals surface area (Å²) in [5.41, 5.74) is 0. The predicted molar refractivity (Wildman–Crippen MR) is 263 cm³/mol. The monoisotopic (exact) mass is 1010 g/mol. The minimum Gasteiger partial charge on any atom is -0.375 e. The lowest BCUT2D eigenvalue weighted by Gasteiger charge is -2.39. The summed E-state index contributed by atoms with van der Waals surface area (Å²) in [6.45, 7) is 0. The van der Waals surface area contributed by atoms with Crippen LogP contribution in [0.15, 0.2) is 24.3 Å². The molecule has 74 heavy (non-hydrogen) atoms. The molecule has 15 nitrogen and oxygen atoms in total. The molecule has 4 aliphatic heterocycles. The van der Waals surface area contributed by atoms with Crippen LogP contribution in [0.25, 0.3) is 0 Å². The van der Waals surface area contributed by atoms with E-state index >= 15 is 0 Å². The fourth-order valence-electron chi connectivity index (χ4n) is 18.9. The van der Waals surface area contributed by atoms with Gasteiger partial charge in [0.25, 0.3) is 0 Å². The molecule has 12 fully saturated rings. The number of Topliss-reactive ketones (excluding diaryl/α,β-unsaturated/α-hetero) is 1. The van der Waals surface area contributed by atoms with E-state index in [0.717, 1.165) is 77.0 Å². The second kappa shape index (κ2) is 18.4. The van der Waals surface area contributed by atoms with Crippen LogP contribution in [-0.4, -0.2) is 121 Å². The number of carbonyl (C=O) groups excluding carboxylic acids is 9. The van der Waals surface area contributed by atoms with Gasteiger partial charge in [0.15, 0.2) is 0 Å². The standard InChI is InChI=1S/C59H74N4O11/c64-51(33-11-21-43-45(25-33)54(67)60(52(43)65)35-13-17-39(18-14-35)73-41-5-1-3-37(27-41)62-56(69)47-29-7-8-30(23-29)48(47)57(62)70)34-12-22-44-46(26-34)55(68)61(53(44)66)36-15-19-40(20-16-36)74-42-6-2-4-38(28-42)63-58(71)49-31-9-10-32(24-31)50(49)59(63)72/h7-10,29-50H,1-6,11-28H2. The first-order valence-corrected chi connectivity index (χ1v) is 29.6. The molecule has 0 N–H and O–H groups in total. The van der Waals surface area contributed by atoms with Gasteiger partial charge in [0, 0.05) is 36.0 Å². The number of nitrogens with zero attached hydrogens (tertiary/aromatic N) is 4. The molecule has 4 saturated heterocycles. The Bertz CT molecular complexity index is 2260. The van der Waals surface area contributed by atoms with E-state index < -0.39 is 23.7 Å². The lowest BCUT2D eigenvalue weighted by atomic mass is 9.67. The highest BCUT2D eigenvalue weighted by atomic mass is 16.5. The average Bonchev–Trinajstić information content (AvgIpc) is 4.32. The highest BCUT2D eigenvalue weighted by Gasteiger charge is 2.63. The molecule has 0 radical (unpaired) electrons. The van der Waals surface area contributed by atoms with Gasteiger partial charge in [-0.3, -0.25) is 62.8 Å². The van der Waals surface area contributed by atoms with Crippen LogP contribution in [0, 0.1) is 82.9 Å². The molecule has 0 spiro atoms. The summed E-state index contributed by atoms with van der Waals surface area (Å²) in [4.78, 5) is 131. The van der Waals surface area contributed by atoms with Crippen LogP contribution in [0.2, 0.25) is 0 Å². The third-order valence-electron chi connectivity index (χ3n) is 22.4. The second-order valence-electron chi connectivity index (χ2n) is 26.1. The zero-order valence-electron chi connectivity index (χ0n) is 42.8. The van der Waals surface area contributed by atoms with Crippen LogP contribution in [-0.2, 0) is 52.6 Å². The minimum atomic E-state index is -0.508. The molecule has 4 bridgehead atoms. The number of carbonyl (C=O) groups is 9. The van der Waals surface area contributed by atoms with Gasteiger partial charge in [-0.2, -0.15) is 0 Å². The van der Waals surface area contributed by atoms with Gasteiger partial charge in [-0.15, -0.1) is 0 Å². The van der Waals surface area contributed by atoms with Crippen LogP contribution in [0.3, 0.4) is 0 Å². The van der Waals surface area contributed by atoms with E-state index in [1.54, 1.807) is 9.80 Å². The number of likely N-dealkylation sites (tertiary alicyclic amines) is 4. The van der Waals surface area contributed by atoms with Crippen molar-refractivity contribution in [2.75, 3.05) is 0 Å². The summed E-state index contributed by atoms with van der Waals surface area (Å²) in [6, 6.07) is -0.619. The largest absolute Gasteiger partial charge is 0.375 e. The van der Waals surface area contributed by atoms with Crippen molar-refractivity contribution in [1.82, 2.24) is 19.6 Å². The van der Waals surface area contributed by atoms with Crippen molar-refractivity contribution in [1.29, 1.82) is 0 Å². The van der Waals surface area contributed by atoms with Crippen molar-refractivity contribution in [3.05, 3.63) is 24.3 Å². The van der Waals surface area contributed by atoms with E-state index in [4.69, 9.17) is 9.47 Å². The number of ketones is 1. The smallest absolute Gasteiger partial charge is 0.233 e. The van der Waals surface area contributed by atoms with Gasteiger partial charge in [0.05, 0.1) is 71.8 Å². The normalized spacial score (nSPS) is 47.4. The Morgan fingerprint density at radius 1 is 0.324 bits per heavy atom. The van der Waals surface area contributed by atoms with E-state index in [-0.39, 0.29) is 161 Å². The molecular formula is C59H74N4O11. The number of hydrogen-bond donors (Lipinski definition) is 0. The summed E-state index contributed by atoms with van der Waals surface area (Å²) in [5.74, 6) is -2.81. The molecule has 18 unspecified atom stereocenters. The summed E-state index contributed by atoms with van der Waals surface area (Å²) in [7, 11) is 0. The molecule has 0 aromatic heterocycles. The first-order valence-electron chi connectivity index (χ1n) is 29.6. The number of rotatable bonds is 10. The van der Waals surface area contributed by atoms with Crippen molar-refractivity contribution in [3.63, 3.8) is 0 Å². The summed E-state index contributed by atoms with van der Waals surface area (Å²) < 4.78 is 13.4. The summed E-state index contributed by atoms with van der Waals surface area (Å²) in [6.07, 6.45) is 25.3. The fourth-order valence-corrected chi connectivity index (χ4v) is 18.9. The van der Waals surface area contributed by atoms with Crippen molar-refractivity contribution < 1.29 is 52.6 Å².